The molecule has 1 aliphatic heterocycles. The van der Waals surface area contributed by atoms with E-state index in [1.54, 1.807) is 18.2 Å². The third kappa shape index (κ3) is 2.61. The molecule has 0 atom stereocenters. The molecule has 0 aromatic heterocycles. The average molecular weight is 265 g/mol. The number of nitrogens with zero attached hydrogens (tertiary/aromatic N) is 1. The van der Waals surface area contributed by atoms with Crippen LogP contribution in [0.25, 0.3) is 6.08 Å². The molecule has 0 unspecified atom stereocenters. The second kappa shape index (κ2) is 5.35. The first kappa shape index (κ1) is 12.8. The van der Waals surface area contributed by atoms with Crippen LogP contribution in [-0.4, -0.2) is 22.6 Å². The topological polar surface area (TPSA) is 37.4 Å². The van der Waals surface area contributed by atoms with Crippen molar-refractivity contribution in [3.8, 4) is 0 Å². The molecule has 3 nitrogen and oxygen atoms in total. The first-order valence-electron chi connectivity index (χ1n) is 5.62. The van der Waals surface area contributed by atoms with Crippen LogP contribution in [0.15, 0.2) is 29.2 Å². The molecule has 2 rings (SSSR count). The summed E-state index contributed by atoms with van der Waals surface area (Å²) in [7, 11) is 0. The summed E-state index contributed by atoms with van der Waals surface area (Å²) in [6.07, 6.45) is 2.27. The van der Waals surface area contributed by atoms with Gasteiger partial charge in [0.15, 0.2) is 0 Å². The first-order chi connectivity index (χ1) is 8.61. The fourth-order valence-corrected chi connectivity index (χ4v) is 2.53. The molecule has 0 N–H and O–H groups in total. The predicted molar refractivity (Wildman–Crippen MR) is 69.4 cm³/mol. The van der Waals surface area contributed by atoms with Gasteiger partial charge in [-0.3, -0.25) is 14.5 Å². The van der Waals surface area contributed by atoms with Crippen molar-refractivity contribution < 1.29 is 14.0 Å². The Hall–Kier alpha value is -1.62. The Balaban J connectivity index is 2.25. The van der Waals surface area contributed by atoms with Gasteiger partial charge in [-0.1, -0.05) is 19.1 Å². The van der Waals surface area contributed by atoms with Crippen LogP contribution in [0.3, 0.4) is 0 Å². The van der Waals surface area contributed by atoms with E-state index in [0.29, 0.717) is 17.0 Å². The molecule has 1 fully saturated rings. The molecular weight excluding hydrogens is 253 g/mol. The summed E-state index contributed by atoms with van der Waals surface area (Å²) in [5.74, 6) is -0.660. The lowest BCUT2D eigenvalue weighted by molar-refractivity contribution is -0.122. The highest BCUT2D eigenvalue weighted by Gasteiger charge is 2.34. The van der Waals surface area contributed by atoms with Crippen molar-refractivity contribution in [3.05, 3.63) is 40.6 Å². The zero-order valence-electron chi connectivity index (χ0n) is 9.85. The van der Waals surface area contributed by atoms with Gasteiger partial charge in [-0.05, 0) is 42.0 Å². The molecule has 0 aliphatic carbocycles. The van der Waals surface area contributed by atoms with Gasteiger partial charge in [0.25, 0.3) is 11.1 Å². The average Bonchev–Trinajstić information content (AvgIpc) is 2.57. The number of imide groups is 1. The standard InChI is InChI=1S/C13H12FNO2S/c1-2-6-15-12(16)11(18-13(15)17)8-9-4-3-5-10(14)7-9/h3-5,7-8H,2,6H2,1H3/b11-8+. The molecule has 0 bridgehead atoms. The summed E-state index contributed by atoms with van der Waals surface area (Å²) < 4.78 is 13.0. The molecular formula is C13H12FNO2S. The molecule has 1 aliphatic rings. The summed E-state index contributed by atoms with van der Waals surface area (Å²) in [4.78, 5) is 25.1. The van der Waals surface area contributed by atoms with Crippen LogP contribution in [0, 0.1) is 5.82 Å². The summed E-state index contributed by atoms with van der Waals surface area (Å²) in [5.41, 5.74) is 0.581. The molecule has 94 valence electrons. The van der Waals surface area contributed by atoms with Gasteiger partial charge in [0.1, 0.15) is 5.82 Å². The molecule has 1 aromatic rings. The van der Waals surface area contributed by atoms with Crippen LogP contribution in [-0.2, 0) is 4.79 Å². The number of carbonyl (C=O) groups excluding carboxylic acids is 2. The van der Waals surface area contributed by atoms with Crippen molar-refractivity contribution in [2.45, 2.75) is 13.3 Å². The number of hydrogen-bond donors (Lipinski definition) is 0. The van der Waals surface area contributed by atoms with Gasteiger partial charge in [-0.25, -0.2) is 4.39 Å². The van der Waals surface area contributed by atoms with E-state index >= 15 is 0 Å². The molecule has 1 saturated heterocycles. The number of carbonyl (C=O) groups is 2. The van der Waals surface area contributed by atoms with Crippen molar-refractivity contribution in [1.29, 1.82) is 0 Å². The number of halogens is 1. The van der Waals surface area contributed by atoms with Gasteiger partial charge in [0.2, 0.25) is 0 Å². The van der Waals surface area contributed by atoms with Crippen LogP contribution in [0.1, 0.15) is 18.9 Å². The second-order valence-electron chi connectivity index (χ2n) is 3.89. The van der Waals surface area contributed by atoms with Crippen molar-refractivity contribution >= 4 is 29.0 Å². The zero-order valence-corrected chi connectivity index (χ0v) is 10.7. The summed E-state index contributed by atoms with van der Waals surface area (Å²) >= 11 is 0.899. The highest BCUT2D eigenvalue weighted by atomic mass is 32.2. The minimum atomic E-state index is -0.364. The number of thioether (sulfide) groups is 1. The van der Waals surface area contributed by atoms with Crippen molar-refractivity contribution in [2.75, 3.05) is 6.54 Å². The normalized spacial score (nSPS) is 17.9. The van der Waals surface area contributed by atoms with E-state index in [0.717, 1.165) is 18.2 Å². The summed E-state index contributed by atoms with van der Waals surface area (Å²) in [5, 5.41) is -0.260. The molecule has 18 heavy (non-hydrogen) atoms. The minimum absolute atomic E-state index is 0.260. The zero-order chi connectivity index (χ0) is 13.1. The maximum atomic E-state index is 13.0. The number of benzene rings is 1. The highest BCUT2D eigenvalue weighted by molar-refractivity contribution is 8.18. The number of amides is 2. The number of rotatable bonds is 3. The van der Waals surface area contributed by atoms with Crippen LogP contribution in [0.5, 0.6) is 0 Å². The van der Waals surface area contributed by atoms with Gasteiger partial charge in [0, 0.05) is 6.54 Å². The van der Waals surface area contributed by atoms with Gasteiger partial charge in [-0.15, -0.1) is 0 Å². The Kier molecular flexibility index (Phi) is 3.81. The Morgan fingerprint density at radius 1 is 1.39 bits per heavy atom. The maximum absolute atomic E-state index is 13.0. The monoisotopic (exact) mass is 265 g/mol. The predicted octanol–water partition coefficient (Wildman–Crippen LogP) is 3.27. The Bertz CT molecular complexity index is 527. The molecule has 0 radical (unpaired) electrons. The lowest BCUT2D eigenvalue weighted by Crippen LogP contribution is -2.28. The molecule has 1 heterocycles. The van der Waals surface area contributed by atoms with Crippen molar-refractivity contribution in [1.82, 2.24) is 4.90 Å². The van der Waals surface area contributed by atoms with E-state index < -0.39 is 0 Å². The fraction of sp³-hybridized carbons (Fsp3) is 0.231. The van der Waals surface area contributed by atoms with Crippen LogP contribution in [0.2, 0.25) is 0 Å². The third-order valence-corrected chi connectivity index (χ3v) is 3.37. The fourth-order valence-electron chi connectivity index (χ4n) is 1.66. The summed E-state index contributed by atoms with van der Waals surface area (Å²) in [6, 6.07) is 5.92. The maximum Gasteiger partial charge on any atom is 0.293 e. The molecule has 0 spiro atoms. The molecule has 2 amide bonds. The van der Waals surface area contributed by atoms with Crippen molar-refractivity contribution in [3.63, 3.8) is 0 Å². The molecule has 1 aromatic carbocycles. The van der Waals surface area contributed by atoms with E-state index in [2.05, 4.69) is 0 Å². The first-order valence-corrected chi connectivity index (χ1v) is 6.44. The third-order valence-electron chi connectivity index (χ3n) is 2.47. The van der Waals surface area contributed by atoms with Gasteiger partial charge >= 0.3 is 0 Å². The van der Waals surface area contributed by atoms with E-state index in [-0.39, 0.29) is 17.0 Å². The van der Waals surface area contributed by atoms with E-state index in [1.807, 2.05) is 6.92 Å². The van der Waals surface area contributed by atoms with Gasteiger partial charge < -0.3 is 0 Å². The van der Waals surface area contributed by atoms with Gasteiger partial charge in [0.05, 0.1) is 4.91 Å². The SMILES string of the molecule is CCCN1C(=O)S/C(=C/c2cccc(F)c2)C1=O. The lowest BCUT2D eigenvalue weighted by atomic mass is 10.2. The number of hydrogen-bond acceptors (Lipinski definition) is 3. The Morgan fingerprint density at radius 3 is 2.83 bits per heavy atom. The van der Waals surface area contributed by atoms with Crippen LogP contribution in [0.4, 0.5) is 9.18 Å². The van der Waals surface area contributed by atoms with E-state index in [9.17, 15) is 14.0 Å². The smallest absolute Gasteiger partial charge is 0.268 e. The molecule has 5 heteroatoms. The minimum Gasteiger partial charge on any atom is -0.268 e. The lowest BCUT2D eigenvalue weighted by Gasteiger charge is -2.09. The second-order valence-corrected chi connectivity index (χ2v) is 4.88. The summed E-state index contributed by atoms with van der Waals surface area (Å²) in [6.45, 7) is 2.32. The van der Waals surface area contributed by atoms with Crippen LogP contribution >= 0.6 is 11.8 Å². The van der Waals surface area contributed by atoms with Gasteiger partial charge in [-0.2, -0.15) is 0 Å². The Labute approximate surface area is 109 Å². The quantitative estimate of drug-likeness (QED) is 0.787. The van der Waals surface area contributed by atoms with E-state index in [4.69, 9.17) is 0 Å². The molecule has 0 saturated carbocycles. The highest BCUT2D eigenvalue weighted by Crippen LogP contribution is 2.32. The van der Waals surface area contributed by atoms with Crippen molar-refractivity contribution in [2.24, 2.45) is 0 Å². The largest absolute Gasteiger partial charge is 0.293 e. The Morgan fingerprint density at radius 2 is 2.17 bits per heavy atom. The van der Waals surface area contributed by atoms with Crippen LogP contribution < -0.4 is 0 Å². The van der Waals surface area contributed by atoms with E-state index in [1.165, 1.54) is 17.0 Å².